The quantitative estimate of drug-likeness (QED) is 0.824. The minimum absolute atomic E-state index is 0.161. The van der Waals surface area contributed by atoms with Gasteiger partial charge < -0.3 is 4.74 Å². The van der Waals surface area contributed by atoms with E-state index in [9.17, 15) is 9.18 Å². The molecule has 0 bridgehead atoms. The molecule has 6 heteroatoms. The minimum atomic E-state index is -0.432. The predicted molar refractivity (Wildman–Crippen MR) is 58.3 cm³/mol. The van der Waals surface area contributed by atoms with E-state index in [0.717, 1.165) is 0 Å². The lowest BCUT2D eigenvalue weighted by Gasteiger charge is -2.06. The van der Waals surface area contributed by atoms with E-state index in [0.29, 0.717) is 11.3 Å². The molecule has 0 unspecified atom stereocenters. The van der Waals surface area contributed by atoms with Crippen LogP contribution in [0.15, 0.2) is 18.2 Å². The molecule has 0 aliphatic carbocycles. The number of Topliss-reactive ketones (excluding diaryl/α,β-unsaturated/α-hetero) is 1. The van der Waals surface area contributed by atoms with Crippen LogP contribution in [-0.4, -0.2) is 28.3 Å². The van der Waals surface area contributed by atoms with Gasteiger partial charge in [0.1, 0.15) is 17.3 Å². The first-order valence-electron chi connectivity index (χ1n) is 4.89. The fourth-order valence-electron chi connectivity index (χ4n) is 1.53. The second-order valence-corrected chi connectivity index (χ2v) is 3.42. The van der Waals surface area contributed by atoms with Gasteiger partial charge in [-0.2, -0.15) is 15.4 Å². The largest absolute Gasteiger partial charge is 0.496 e. The van der Waals surface area contributed by atoms with Crippen molar-refractivity contribution in [1.82, 2.24) is 15.4 Å². The summed E-state index contributed by atoms with van der Waals surface area (Å²) >= 11 is 0. The lowest BCUT2D eigenvalue weighted by atomic mass is 10.1. The molecule has 0 aliphatic heterocycles. The zero-order valence-corrected chi connectivity index (χ0v) is 9.32. The van der Waals surface area contributed by atoms with Crippen molar-refractivity contribution in [2.45, 2.75) is 6.92 Å². The van der Waals surface area contributed by atoms with Gasteiger partial charge in [-0.1, -0.05) is 0 Å². The van der Waals surface area contributed by atoms with Gasteiger partial charge in [0.05, 0.1) is 7.11 Å². The Hall–Kier alpha value is -2.24. The van der Waals surface area contributed by atoms with Crippen LogP contribution in [0.1, 0.15) is 17.4 Å². The summed E-state index contributed by atoms with van der Waals surface area (Å²) in [6.45, 7) is 1.37. The standard InChI is InChI=1S/C11H10FN3O2/c1-6(16)10-11(14-15-13-10)8-5-7(12)3-4-9(8)17-2/h3-5H,1-2H3,(H,13,14,15). The Balaban J connectivity index is 2.63. The van der Waals surface area contributed by atoms with Crippen LogP contribution >= 0.6 is 0 Å². The first-order chi connectivity index (χ1) is 8.13. The number of carbonyl (C=O) groups is 1. The van der Waals surface area contributed by atoms with E-state index in [1.165, 1.54) is 32.2 Å². The summed E-state index contributed by atoms with van der Waals surface area (Å²) in [5, 5.41) is 9.94. The number of benzene rings is 1. The number of ketones is 1. The van der Waals surface area contributed by atoms with Gasteiger partial charge in [0.25, 0.3) is 0 Å². The summed E-state index contributed by atoms with van der Waals surface area (Å²) in [6.07, 6.45) is 0. The fraction of sp³-hybridized carbons (Fsp3) is 0.182. The van der Waals surface area contributed by atoms with Gasteiger partial charge in [0, 0.05) is 12.5 Å². The van der Waals surface area contributed by atoms with E-state index in [2.05, 4.69) is 15.4 Å². The molecule has 0 saturated heterocycles. The molecule has 0 aliphatic rings. The molecular weight excluding hydrogens is 225 g/mol. The van der Waals surface area contributed by atoms with Crippen molar-refractivity contribution in [3.63, 3.8) is 0 Å². The van der Waals surface area contributed by atoms with Gasteiger partial charge in [-0.3, -0.25) is 4.79 Å². The number of hydrogen-bond acceptors (Lipinski definition) is 4. The van der Waals surface area contributed by atoms with Gasteiger partial charge in [0.15, 0.2) is 11.5 Å². The van der Waals surface area contributed by atoms with Gasteiger partial charge in [-0.15, -0.1) is 0 Å². The lowest BCUT2D eigenvalue weighted by Crippen LogP contribution is -1.97. The number of carbonyl (C=O) groups excluding carboxylic acids is 1. The number of nitrogens with zero attached hydrogens (tertiary/aromatic N) is 2. The molecule has 88 valence electrons. The highest BCUT2D eigenvalue weighted by Gasteiger charge is 2.18. The Morgan fingerprint density at radius 2 is 2.18 bits per heavy atom. The molecule has 0 saturated carbocycles. The topological polar surface area (TPSA) is 67.9 Å². The van der Waals surface area contributed by atoms with Crippen LogP contribution in [-0.2, 0) is 0 Å². The molecule has 2 rings (SSSR count). The number of nitrogens with one attached hydrogen (secondary N) is 1. The van der Waals surface area contributed by atoms with Crippen molar-refractivity contribution < 1.29 is 13.9 Å². The second kappa shape index (κ2) is 4.32. The molecule has 17 heavy (non-hydrogen) atoms. The van der Waals surface area contributed by atoms with Crippen molar-refractivity contribution in [2.75, 3.05) is 7.11 Å². The van der Waals surface area contributed by atoms with Crippen LogP contribution < -0.4 is 4.74 Å². The first-order valence-corrected chi connectivity index (χ1v) is 4.89. The number of hydrogen-bond donors (Lipinski definition) is 1. The average Bonchev–Trinajstić information content (AvgIpc) is 2.77. The molecule has 0 amide bonds. The van der Waals surface area contributed by atoms with Crippen molar-refractivity contribution >= 4 is 5.78 Å². The number of aromatic nitrogens is 3. The minimum Gasteiger partial charge on any atom is -0.496 e. The van der Waals surface area contributed by atoms with Crippen molar-refractivity contribution in [3.05, 3.63) is 29.7 Å². The molecular formula is C11H10FN3O2. The summed E-state index contributed by atoms with van der Waals surface area (Å²) in [7, 11) is 1.46. The molecule has 0 atom stereocenters. The fourth-order valence-corrected chi connectivity index (χ4v) is 1.53. The summed E-state index contributed by atoms with van der Waals surface area (Å²) < 4.78 is 18.3. The van der Waals surface area contributed by atoms with E-state index in [-0.39, 0.29) is 17.2 Å². The summed E-state index contributed by atoms with van der Waals surface area (Å²) in [5.41, 5.74) is 0.842. The number of rotatable bonds is 3. The number of halogens is 1. The molecule has 1 aromatic carbocycles. The third kappa shape index (κ3) is 2.01. The van der Waals surface area contributed by atoms with Gasteiger partial charge in [-0.25, -0.2) is 4.39 Å². The molecule has 2 aromatic rings. The maximum absolute atomic E-state index is 13.2. The van der Waals surface area contributed by atoms with Gasteiger partial charge >= 0.3 is 0 Å². The predicted octanol–water partition coefficient (Wildman–Crippen LogP) is 1.82. The number of aromatic amines is 1. The van der Waals surface area contributed by atoms with Crippen LogP contribution in [0, 0.1) is 5.82 Å². The monoisotopic (exact) mass is 235 g/mol. The number of methoxy groups -OCH3 is 1. The molecule has 1 N–H and O–H groups in total. The highest BCUT2D eigenvalue weighted by molar-refractivity contribution is 5.98. The average molecular weight is 235 g/mol. The van der Waals surface area contributed by atoms with Crippen molar-refractivity contribution in [2.24, 2.45) is 0 Å². The van der Waals surface area contributed by atoms with Crippen LogP contribution in [0.2, 0.25) is 0 Å². The maximum Gasteiger partial charge on any atom is 0.182 e. The number of H-pyrrole nitrogens is 1. The van der Waals surface area contributed by atoms with Crippen molar-refractivity contribution in [1.29, 1.82) is 0 Å². The first kappa shape index (κ1) is 11.3. The molecule has 1 aromatic heterocycles. The normalized spacial score (nSPS) is 10.3. The SMILES string of the molecule is COc1ccc(F)cc1-c1n[nH]nc1C(C)=O. The van der Waals surface area contributed by atoms with Crippen LogP contribution in [0.3, 0.4) is 0 Å². The van der Waals surface area contributed by atoms with Crippen LogP contribution in [0.25, 0.3) is 11.3 Å². The van der Waals surface area contributed by atoms with E-state index in [1.807, 2.05) is 0 Å². The molecule has 0 spiro atoms. The highest BCUT2D eigenvalue weighted by Crippen LogP contribution is 2.30. The molecule has 0 fully saturated rings. The molecule has 0 radical (unpaired) electrons. The Morgan fingerprint density at radius 1 is 1.41 bits per heavy atom. The lowest BCUT2D eigenvalue weighted by molar-refractivity contribution is 0.101. The molecule has 5 nitrogen and oxygen atoms in total. The number of ether oxygens (including phenoxy) is 1. The van der Waals surface area contributed by atoms with Crippen LogP contribution in [0.5, 0.6) is 5.75 Å². The van der Waals surface area contributed by atoms with Gasteiger partial charge in [-0.05, 0) is 18.2 Å². The Bertz CT molecular complexity index is 566. The van der Waals surface area contributed by atoms with Crippen LogP contribution in [0.4, 0.5) is 4.39 Å². The van der Waals surface area contributed by atoms with E-state index >= 15 is 0 Å². The molecule has 1 heterocycles. The smallest absolute Gasteiger partial charge is 0.182 e. The second-order valence-electron chi connectivity index (χ2n) is 3.42. The third-order valence-corrected chi connectivity index (χ3v) is 2.30. The maximum atomic E-state index is 13.2. The van der Waals surface area contributed by atoms with E-state index < -0.39 is 5.82 Å². The Kier molecular flexibility index (Phi) is 2.86. The highest BCUT2D eigenvalue weighted by atomic mass is 19.1. The Morgan fingerprint density at radius 3 is 2.82 bits per heavy atom. The van der Waals surface area contributed by atoms with Crippen molar-refractivity contribution in [3.8, 4) is 17.0 Å². The zero-order chi connectivity index (χ0) is 12.4. The van der Waals surface area contributed by atoms with Gasteiger partial charge in [0.2, 0.25) is 0 Å². The third-order valence-electron chi connectivity index (χ3n) is 2.30. The zero-order valence-electron chi connectivity index (χ0n) is 9.32. The Labute approximate surface area is 96.6 Å². The van der Waals surface area contributed by atoms with E-state index in [4.69, 9.17) is 4.74 Å². The summed E-state index contributed by atoms with van der Waals surface area (Å²) in [4.78, 5) is 11.3. The summed E-state index contributed by atoms with van der Waals surface area (Å²) in [6, 6.07) is 4.00. The summed E-state index contributed by atoms with van der Waals surface area (Å²) in [5.74, 6) is -0.249. The van der Waals surface area contributed by atoms with E-state index in [1.54, 1.807) is 0 Å².